The SMILES string of the molecule is CCc1cc(CC)n(C(CC)CC(=O)O)n1. The van der Waals surface area contributed by atoms with E-state index in [1.54, 1.807) is 0 Å². The second-order valence-electron chi connectivity index (χ2n) is 3.94. The minimum absolute atomic E-state index is 0.0206. The fourth-order valence-electron chi connectivity index (χ4n) is 1.85. The fraction of sp³-hybridized carbons (Fsp3) is 0.667. The van der Waals surface area contributed by atoms with Crippen molar-refractivity contribution in [3.8, 4) is 0 Å². The summed E-state index contributed by atoms with van der Waals surface area (Å²) in [6.45, 7) is 6.13. The summed E-state index contributed by atoms with van der Waals surface area (Å²) in [7, 11) is 0. The third-order valence-electron chi connectivity index (χ3n) is 2.82. The van der Waals surface area contributed by atoms with Crippen LogP contribution in [0.25, 0.3) is 0 Å². The molecule has 1 heterocycles. The van der Waals surface area contributed by atoms with Crippen LogP contribution in [0.2, 0.25) is 0 Å². The number of aliphatic carboxylic acids is 1. The highest BCUT2D eigenvalue weighted by Gasteiger charge is 2.17. The first-order valence-electron chi connectivity index (χ1n) is 5.91. The summed E-state index contributed by atoms with van der Waals surface area (Å²) < 4.78 is 1.90. The molecule has 0 fully saturated rings. The predicted octanol–water partition coefficient (Wildman–Crippen LogP) is 2.43. The van der Waals surface area contributed by atoms with E-state index in [4.69, 9.17) is 5.11 Å². The molecule has 0 saturated carbocycles. The van der Waals surface area contributed by atoms with Gasteiger partial charge in [0.05, 0.1) is 18.2 Å². The van der Waals surface area contributed by atoms with Crippen molar-refractivity contribution in [1.82, 2.24) is 9.78 Å². The number of hydrogen-bond acceptors (Lipinski definition) is 2. The highest BCUT2D eigenvalue weighted by molar-refractivity contribution is 5.67. The minimum Gasteiger partial charge on any atom is -0.481 e. The first-order valence-corrected chi connectivity index (χ1v) is 5.91. The summed E-state index contributed by atoms with van der Waals surface area (Å²) in [6.07, 6.45) is 2.73. The van der Waals surface area contributed by atoms with Crippen molar-refractivity contribution >= 4 is 5.97 Å². The van der Waals surface area contributed by atoms with Crippen LogP contribution in [0.5, 0.6) is 0 Å². The lowest BCUT2D eigenvalue weighted by Crippen LogP contribution is -2.16. The maximum atomic E-state index is 10.8. The summed E-state index contributed by atoms with van der Waals surface area (Å²) in [5, 5.41) is 13.3. The van der Waals surface area contributed by atoms with E-state index in [9.17, 15) is 4.79 Å². The zero-order valence-corrected chi connectivity index (χ0v) is 10.2. The zero-order chi connectivity index (χ0) is 12.1. The number of nitrogens with zero attached hydrogens (tertiary/aromatic N) is 2. The van der Waals surface area contributed by atoms with Crippen molar-refractivity contribution in [3.63, 3.8) is 0 Å². The molecule has 0 aliphatic carbocycles. The van der Waals surface area contributed by atoms with E-state index >= 15 is 0 Å². The van der Waals surface area contributed by atoms with Gasteiger partial charge in [0.2, 0.25) is 0 Å². The molecular weight excluding hydrogens is 204 g/mol. The summed E-state index contributed by atoms with van der Waals surface area (Å²) in [5.41, 5.74) is 2.17. The normalized spacial score (nSPS) is 12.7. The highest BCUT2D eigenvalue weighted by Crippen LogP contribution is 2.19. The smallest absolute Gasteiger partial charge is 0.305 e. The van der Waals surface area contributed by atoms with Gasteiger partial charge in [-0.1, -0.05) is 20.8 Å². The topological polar surface area (TPSA) is 55.1 Å². The molecule has 1 aromatic heterocycles. The maximum Gasteiger partial charge on any atom is 0.305 e. The predicted molar refractivity (Wildman–Crippen MR) is 62.6 cm³/mol. The van der Waals surface area contributed by atoms with Gasteiger partial charge < -0.3 is 5.11 Å². The van der Waals surface area contributed by atoms with Gasteiger partial charge in [-0.05, 0) is 25.3 Å². The number of hydrogen-bond donors (Lipinski definition) is 1. The Balaban J connectivity index is 2.97. The van der Waals surface area contributed by atoms with Crippen LogP contribution >= 0.6 is 0 Å². The van der Waals surface area contributed by atoms with E-state index < -0.39 is 5.97 Å². The van der Waals surface area contributed by atoms with E-state index in [1.807, 2.05) is 11.6 Å². The summed E-state index contributed by atoms with van der Waals surface area (Å²) in [6, 6.07) is 2.05. The number of carbonyl (C=O) groups is 1. The van der Waals surface area contributed by atoms with Crippen LogP contribution in [-0.2, 0) is 17.6 Å². The van der Waals surface area contributed by atoms with Crippen molar-refractivity contribution < 1.29 is 9.90 Å². The Morgan fingerprint density at radius 3 is 2.56 bits per heavy atom. The van der Waals surface area contributed by atoms with Crippen LogP contribution in [0.1, 0.15) is 51.0 Å². The number of carboxylic acids is 1. The third kappa shape index (κ3) is 2.84. The Morgan fingerprint density at radius 2 is 2.12 bits per heavy atom. The molecule has 1 aromatic rings. The molecule has 4 heteroatoms. The second kappa shape index (κ2) is 5.68. The molecule has 90 valence electrons. The first-order chi connectivity index (χ1) is 7.62. The van der Waals surface area contributed by atoms with E-state index in [2.05, 4.69) is 25.0 Å². The summed E-state index contributed by atoms with van der Waals surface area (Å²) >= 11 is 0. The number of aryl methyl sites for hydroxylation is 2. The van der Waals surface area contributed by atoms with E-state index in [1.165, 1.54) is 0 Å². The average Bonchev–Trinajstić information content (AvgIpc) is 2.68. The van der Waals surface area contributed by atoms with E-state index in [0.29, 0.717) is 0 Å². The Hall–Kier alpha value is -1.32. The molecule has 0 amide bonds. The van der Waals surface area contributed by atoms with Crippen LogP contribution in [0.15, 0.2) is 6.07 Å². The van der Waals surface area contributed by atoms with Crippen LogP contribution < -0.4 is 0 Å². The highest BCUT2D eigenvalue weighted by atomic mass is 16.4. The van der Waals surface area contributed by atoms with Gasteiger partial charge in [0, 0.05) is 5.69 Å². The molecule has 0 bridgehead atoms. The number of rotatable bonds is 6. The molecule has 0 saturated heterocycles. The lowest BCUT2D eigenvalue weighted by atomic mass is 10.1. The van der Waals surface area contributed by atoms with Gasteiger partial charge in [0.1, 0.15) is 0 Å². The second-order valence-corrected chi connectivity index (χ2v) is 3.94. The molecule has 1 unspecified atom stereocenters. The molecule has 4 nitrogen and oxygen atoms in total. The third-order valence-corrected chi connectivity index (χ3v) is 2.82. The Labute approximate surface area is 96.3 Å². The molecule has 16 heavy (non-hydrogen) atoms. The van der Waals surface area contributed by atoms with E-state index in [-0.39, 0.29) is 12.5 Å². The van der Waals surface area contributed by atoms with Crippen LogP contribution in [-0.4, -0.2) is 20.9 Å². The monoisotopic (exact) mass is 224 g/mol. The van der Waals surface area contributed by atoms with Crippen molar-refractivity contribution in [1.29, 1.82) is 0 Å². The van der Waals surface area contributed by atoms with Crippen LogP contribution in [0, 0.1) is 0 Å². The molecule has 0 radical (unpaired) electrons. The lowest BCUT2D eigenvalue weighted by molar-refractivity contribution is -0.138. The van der Waals surface area contributed by atoms with Crippen molar-refractivity contribution in [2.45, 2.75) is 52.5 Å². The van der Waals surface area contributed by atoms with Gasteiger partial charge in [-0.25, -0.2) is 0 Å². The molecule has 0 aliphatic rings. The summed E-state index contributed by atoms with van der Waals surface area (Å²) in [5.74, 6) is -0.762. The quantitative estimate of drug-likeness (QED) is 0.807. The average molecular weight is 224 g/mol. The van der Waals surface area contributed by atoms with Crippen molar-refractivity contribution in [2.75, 3.05) is 0 Å². The molecule has 1 rings (SSSR count). The van der Waals surface area contributed by atoms with Crippen molar-refractivity contribution in [2.24, 2.45) is 0 Å². The molecule has 0 spiro atoms. The lowest BCUT2D eigenvalue weighted by Gasteiger charge is -2.16. The summed E-state index contributed by atoms with van der Waals surface area (Å²) in [4.78, 5) is 10.8. The minimum atomic E-state index is -0.762. The van der Waals surface area contributed by atoms with Crippen LogP contribution in [0.4, 0.5) is 0 Å². The zero-order valence-electron chi connectivity index (χ0n) is 10.2. The number of aromatic nitrogens is 2. The molecular formula is C12H20N2O2. The van der Waals surface area contributed by atoms with E-state index in [0.717, 1.165) is 30.7 Å². The van der Waals surface area contributed by atoms with Gasteiger partial charge in [-0.3, -0.25) is 9.48 Å². The Bertz CT molecular complexity index is 358. The standard InChI is InChI=1S/C12H20N2O2/c1-4-9-7-10(5-2)14(13-9)11(6-3)8-12(15)16/h7,11H,4-6,8H2,1-3H3,(H,15,16). The molecule has 0 aliphatic heterocycles. The van der Waals surface area contributed by atoms with Crippen molar-refractivity contribution in [3.05, 3.63) is 17.5 Å². The maximum absolute atomic E-state index is 10.8. The molecule has 0 aromatic carbocycles. The molecule has 1 N–H and O–H groups in total. The molecule has 1 atom stereocenters. The van der Waals surface area contributed by atoms with Crippen LogP contribution in [0.3, 0.4) is 0 Å². The Morgan fingerprint density at radius 1 is 1.44 bits per heavy atom. The van der Waals surface area contributed by atoms with Gasteiger partial charge in [-0.2, -0.15) is 5.10 Å². The fourth-order valence-corrected chi connectivity index (χ4v) is 1.85. The first kappa shape index (κ1) is 12.7. The van der Waals surface area contributed by atoms with Gasteiger partial charge >= 0.3 is 5.97 Å². The number of carboxylic acid groups (broad SMARTS) is 1. The largest absolute Gasteiger partial charge is 0.481 e. The van der Waals surface area contributed by atoms with Gasteiger partial charge in [-0.15, -0.1) is 0 Å². The Kier molecular flexibility index (Phi) is 4.52. The van der Waals surface area contributed by atoms with Gasteiger partial charge in [0.15, 0.2) is 0 Å². The van der Waals surface area contributed by atoms with Gasteiger partial charge in [0.25, 0.3) is 0 Å².